The number of rotatable bonds is 6. The normalized spacial score (nSPS) is 12.2. The Balaban J connectivity index is 2.21. The van der Waals surface area contributed by atoms with Gasteiger partial charge in [-0.05, 0) is 46.0 Å². The van der Waals surface area contributed by atoms with Crippen molar-refractivity contribution in [3.05, 3.63) is 45.2 Å². The van der Waals surface area contributed by atoms with E-state index in [1.807, 2.05) is 33.9 Å². The second kappa shape index (κ2) is 8.01. The number of likely N-dealkylation sites (N-methyl/N-ethyl adjacent to an activating group) is 1. The van der Waals surface area contributed by atoms with Crippen LogP contribution in [-0.2, 0) is 11.2 Å². The maximum absolute atomic E-state index is 12.2. The highest BCUT2D eigenvalue weighted by Gasteiger charge is 2.17. The summed E-state index contributed by atoms with van der Waals surface area (Å²) in [5.41, 5.74) is 3.37. The van der Waals surface area contributed by atoms with E-state index in [1.54, 1.807) is 16.8 Å². The van der Waals surface area contributed by atoms with Crippen LogP contribution in [0, 0.1) is 13.8 Å². The molecule has 0 aliphatic heterocycles. The van der Waals surface area contributed by atoms with Crippen LogP contribution in [-0.4, -0.2) is 35.3 Å². The lowest BCUT2D eigenvalue weighted by atomic mass is 10.1. The molecule has 2 rings (SSSR count). The van der Waals surface area contributed by atoms with Gasteiger partial charge in [-0.1, -0.05) is 23.2 Å². The van der Waals surface area contributed by atoms with Crippen molar-refractivity contribution >= 4 is 29.1 Å². The largest absolute Gasteiger partial charge is 0.354 e. The third-order valence-electron chi connectivity index (χ3n) is 4.01. The summed E-state index contributed by atoms with van der Waals surface area (Å²) in [5, 5.41) is 11.6. The first-order valence-electron chi connectivity index (χ1n) is 7.78. The number of benzene rings is 1. The van der Waals surface area contributed by atoms with Crippen molar-refractivity contribution in [2.24, 2.45) is 0 Å². The minimum atomic E-state index is -0.0231. The van der Waals surface area contributed by atoms with Gasteiger partial charge in [0, 0.05) is 28.9 Å². The second-order valence-corrected chi connectivity index (χ2v) is 6.67. The first-order chi connectivity index (χ1) is 11.3. The molecule has 0 aliphatic carbocycles. The van der Waals surface area contributed by atoms with Crippen molar-refractivity contribution in [1.29, 1.82) is 0 Å². The minimum Gasteiger partial charge on any atom is -0.354 e. The smallest absolute Gasteiger partial charge is 0.224 e. The fraction of sp³-hybridized carbons (Fsp3) is 0.412. The van der Waals surface area contributed by atoms with Gasteiger partial charge in [0.25, 0.3) is 0 Å². The van der Waals surface area contributed by atoms with E-state index in [4.69, 9.17) is 23.2 Å². The van der Waals surface area contributed by atoms with Crippen molar-refractivity contribution < 1.29 is 4.79 Å². The van der Waals surface area contributed by atoms with Gasteiger partial charge in [-0.3, -0.25) is 4.79 Å². The molecule has 0 saturated carbocycles. The lowest BCUT2D eigenvalue weighted by Gasteiger charge is -2.11. The zero-order valence-corrected chi connectivity index (χ0v) is 15.8. The lowest BCUT2D eigenvalue weighted by Crippen LogP contribution is -2.37. The van der Waals surface area contributed by atoms with Crippen LogP contribution in [0.4, 0.5) is 0 Å². The lowest BCUT2D eigenvalue weighted by molar-refractivity contribution is -0.120. The summed E-state index contributed by atoms with van der Waals surface area (Å²) in [4.78, 5) is 12.2. The first kappa shape index (κ1) is 18.8. The summed E-state index contributed by atoms with van der Waals surface area (Å²) in [7, 11) is 1.87. The molecule has 0 fully saturated rings. The van der Waals surface area contributed by atoms with Gasteiger partial charge in [0.15, 0.2) is 0 Å². The molecule has 24 heavy (non-hydrogen) atoms. The zero-order valence-electron chi connectivity index (χ0n) is 14.3. The highest BCUT2D eigenvalue weighted by molar-refractivity contribution is 6.35. The molecule has 0 bridgehead atoms. The molecule has 0 saturated heterocycles. The van der Waals surface area contributed by atoms with Gasteiger partial charge in [-0.25, -0.2) is 4.68 Å². The van der Waals surface area contributed by atoms with Crippen molar-refractivity contribution in [2.45, 2.75) is 33.2 Å². The summed E-state index contributed by atoms with van der Waals surface area (Å²) in [5.74, 6) is -0.0231. The molecular formula is C17H22Cl2N4O. The van der Waals surface area contributed by atoms with Crippen LogP contribution in [0.15, 0.2) is 18.2 Å². The summed E-state index contributed by atoms with van der Waals surface area (Å²) in [6.45, 7) is 6.43. The molecular weight excluding hydrogens is 347 g/mol. The fourth-order valence-corrected chi connectivity index (χ4v) is 2.90. The molecule has 2 aromatic rings. The van der Waals surface area contributed by atoms with Crippen molar-refractivity contribution in [1.82, 2.24) is 20.4 Å². The van der Waals surface area contributed by atoms with Crippen LogP contribution < -0.4 is 10.6 Å². The van der Waals surface area contributed by atoms with Crippen molar-refractivity contribution in [3.63, 3.8) is 0 Å². The number of aromatic nitrogens is 2. The number of nitrogens with one attached hydrogen (secondary N) is 2. The molecule has 0 aliphatic rings. The highest BCUT2D eigenvalue weighted by atomic mass is 35.5. The van der Waals surface area contributed by atoms with Crippen LogP contribution in [0.5, 0.6) is 0 Å². The molecule has 0 radical (unpaired) electrons. The van der Waals surface area contributed by atoms with Crippen molar-refractivity contribution in [2.75, 3.05) is 13.6 Å². The first-order valence-corrected chi connectivity index (χ1v) is 8.53. The number of aryl methyl sites for hydroxylation is 1. The fourth-order valence-electron chi connectivity index (χ4n) is 2.41. The van der Waals surface area contributed by atoms with Gasteiger partial charge in [0.05, 0.1) is 22.8 Å². The topological polar surface area (TPSA) is 58.9 Å². The quantitative estimate of drug-likeness (QED) is 0.823. The Kier molecular flexibility index (Phi) is 6.27. The van der Waals surface area contributed by atoms with E-state index in [1.165, 1.54) is 0 Å². The Hall–Kier alpha value is -1.56. The number of hydrogen-bond acceptors (Lipinski definition) is 3. The summed E-state index contributed by atoms with van der Waals surface area (Å²) in [6.07, 6.45) is 0.291. The molecule has 1 aromatic heterocycles. The van der Waals surface area contributed by atoms with Gasteiger partial charge < -0.3 is 10.6 Å². The van der Waals surface area contributed by atoms with E-state index in [2.05, 4.69) is 15.7 Å². The highest BCUT2D eigenvalue weighted by Crippen LogP contribution is 2.27. The number of carbonyl (C=O) groups is 1. The minimum absolute atomic E-state index is 0.0231. The molecule has 1 heterocycles. The Morgan fingerprint density at radius 1 is 1.33 bits per heavy atom. The molecule has 1 unspecified atom stereocenters. The number of amides is 1. The molecule has 1 atom stereocenters. The SMILES string of the molecule is CNC(C)CNC(=O)Cc1c(C)nn(-c2ccc(Cl)cc2Cl)c1C. The molecule has 1 amide bonds. The van der Waals surface area contributed by atoms with Crippen LogP contribution in [0.1, 0.15) is 23.9 Å². The van der Waals surface area contributed by atoms with Gasteiger partial charge in [-0.15, -0.1) is 0 Å². The molecule has 130 valence electrons. The summed E-state index contributed by atoms with van der Waals surface area (Å²) >= 11 is 12.2. The average molecular weight is 369 g/mol. The van der Waals surface area contributed by atoms with Gasteiger partial charge >= 0.3 is 0 Å². The monoisotopic (exact) mass is 368 g/mol. The van der Waals surface area contributed by atoms with Crippen LogP contribution >= 0.6 is 23.2 Å². The number of halogens is 2. The van der Waals surface area contributed by atoms with Crippen molar-refractivity contribution in [3.8, 4) is 5.69 Å². The molecule has 7 heteroatoms. The molecule has 1 aromatic carbocycles. The Morgan fingerprint density at radius 3 is 2.67 bits per heavy atom. The van der Waals surface area contributed by atoms with Gasteiger partial charge in [-0.2, -0.15) is 5.10 Å². The predicted octanol–water partition coefficient (Wildman–Crippen LogP) is 3.06. The third kappa shape index (κ3) is 4.29. The molecule has 5 nitrogen and oxygen atoms in total. The average Bonchev–Trinajstić information content (AvgIpc) is 2.80. The van der Waals surface area contributed by atoms with Gasteiger partial charge in [0.2, 0.25) is 5.91 Å². The zero-order chi connectivity index (χ0) is 17.9. The Labute approximate surface area is 152 Å². The summed E-state index contributed by atoms with van der Waals surface area (Å²) < 4.78 is 1.76. The maximum Gasteiger partial charge on any atom is 0.224 e. The van der Waals surface area contributed by atoms with E-state index < -0.39 is 0 Å². The molecule has 2 N–H and O–H groups in total. The number of hydrogen-bond donors (Lipinski definition) is 2. The van der Waals surface area contributed by atoms with Crippen LogP contribution in [0.3, 0.4) is 0 Å². The van der Waals surface area contributed by atoms with E-state index in [9.17, 15) is 4.79 Å². The molecule has 0 spiro atoms. The third-order valence-corrected chi connectivity index (χ3v) is 4.55. The Bertz CT molecular complexity index is 742. The standard InChI is InChI=1S/C17H22Cl2N4O/c1-10(20-4)9-21-17(24)8-14-11(2)22-23(12(14)3)16-6-5-13(18)7-15(16)19/h5-7,10,20H,8-9H2,1-4H3,(H,21,24). The maximum atomic E-state index is 12.2. The van der Waals surface area contributed by atoms with Gasteiger partial charge in [0.1, 0.15) is 0 Å². The second-order valence-electron chi connectivity index (χ2n) is 5.83. The van der Waals surface area contributed by atoms with Crippen LogP contribution in [0.25, 0.3) is 5.69 Å². The number of nitrogens with zero attached hydrogens (tertiary/aromatic N) is 2. The van der Waals surface area contributed by atoms with E-state index in [0.717, 1.165) is 22.6 Å². The van der Waals surface area contributed by atoms with E-state index in [0.29, 0.717) is 23.0 Å². The predicted molar refractivity (Wildman–Crippen MR) is 98.3 cm³/mol. The van der Waals surface area contributed by atoms with Crippen LogP contribution in [0.2, 0.25) is 10.0 Å². The number of carbonyl (C=O) groups excluding carboxylic acids is 1. The Morgan fingerprint density at radius 2 is 2.04 bits per heavy atom. The van der Waals surface area contributed by atoms with E-state index in [-0.39, 0.29) is 11.9 Å². The summed E-state index contributed by atoms with van der Waals surface area (Å²) in [6, 6.07) is 5.50. The van der Waals surface area contributed by atoms with E-state index >= 15 is 0 Å².